The van der Waals surface area contributed by atoms with Crippen molar-refractivity contribution in [2.75, 3.05) is 13.1 Å². The van der Waals surface area contributed by atoms with Gasteiger partial charge >= 0.3 is 0 Å². The van der Waals surface area contributed by atoms with Crippen LogP contribution in [0.1, 0.15) is 60.8 Å². The lowest BCUT2D eigenvalue weighted by atomic mass is 9.94. The Morgan fingerprint density at radius 1 is 0.706 bits per heavy atom. The van der Waals surface area contributed by atoms with Crippen LogP contribution in [0.5, 0.6) is 0 Å². The Balaban J connectivity index is 2.20. The Labute approximate surface area is 107 Å². The van der Waals surface area contributed by atoms with Gasteiger partial charge in [0.15, 0.2) is 0 Å². The van der Waals surface area contributed by atoms with E-state index in [9.17, 15) is 0 Å². The van der Waals surface area contributed by atoms with Crippen LogP contribution in [0.3, 0.4) is 0 Å². The molecule has 17 heavy (non-hydrogen) atoms. The quantitative estimate of drug-likeness (QED) is 0.640. The predicted octanol–water partition coefficient (Wildman–Crippen LogP) is 3.12. The molecule has 0 amide bonds. The maximum absolute atomic E-state index is 2.76. The molecule has 2 unspecified atom stereocenters. The van der Waals surface area contributed by atoms with Crippen LogP contribution in [0, 0.1) is 0 Å². The highest BCUT2D eigenvalue weighted by atomic mass is 15.4. The first-order chi connectivity index (χ1) is 7.69. The van der Waals surface area contributed by atoms with Crippen LogP contribution < -0.4 is 0 Å². The van der Waals surface area contributed by atoms with E-state index in [1.54, 1.807) is 0 Å². The van der Waals surface area contributed by atoms with Crippen molar-refractivity contribution in [1.29, 1.82) is 0 Å². The first kappa shape index (κ1) is 13.4. The molecule has 3 fully saturated rings. The fourth-order valence-electron chi connectivity index (χ4n) is 3.68. The van der Waals surface area contributed by atoms with E-state index in [4.69, 9.17) is 0 Å². The predicted molar refractivity (Wildman–Crippen MR) is 74.3 cm³/mol. The minimum atomic E-state index is 0.331. The van der Waals surface area contributed by atoms with Gasteiger partial charge in [-0.3, -0.25) is 9.80 Å². The van der Waals surface area contributed by atoms with Crippen LogP contribution >= 0.6 is 0 Å². The lowest BCUT2D eigenvalue weighted by Crippen LogP contribution is -2.65. The van der Waals surface area contributed by atoms with Crippen LogP contribution in [0.25, 0.3) is 0 Å². The molecule has 2 heteroatoms. The van der Waals surface area contributed by atoms with Crippen molar-refractivity contribution in [3.63, 3.8) is 0 Å². The van der Waals surface area contributed by atoms with Crippen molar-refractivity contribution in [2.24, 2.45) is 0 Å². The number of nitrogens with zero attached hydrogens (tertiary/aromatic N) is 2. The molecule has 2 nitrogen and oxygen atoms in total. The number of rotatable bonds is 0. The Morgan fingerprint density at radius 2 is 1.06 bits per heavy atom. The Bertz CT molecular complexity index is 244. The van der Waals surface area contributed by atoms with Gasteiger partial charge in [0.1, 0.15) is 0 Å². The SMILES string of the molecule is CC(C)(C)N1CC2CCCC1CN2C(C)(C)C. The summed E-state index contributed by atoms with van der Waals surface area (Å²) < 4.78 is 0. The maximum atomic E-state index is 2.76. The molecule has 3 aliphatic rings. The summed E-state index contributed by atoms with van der Waals surface area (Å²) in [6, 6.07) is 1.54. The zero-order chi connectivity index (χ0) is 12.8. The maximum Gasteiger partial charge on any atom is 0.0229 e. The van der Waals surface area contributed by atoms with Gasteiger partial charge in [0.2, 0.25) is 0 Å². The lowest BCUT2D eigenvalue weighted by molar-refractivity contribution is -0.0470. The zero-order valence-electron chi connectivity index (χ0n) is 12.6. The average Bonchev–Trinajstić information content (AvgIpc) is 2.46. The van der Waals surface area contributed by atoms with Crippen molar-refractivity contribution < 1.29 is 0 Å². The molecule has 0 aliphatic carbocycles. The summed E-state index contributed by atoms with van der Waals surface area (Å²) >= 11 is 0. The molecule has 3 rings (SSSR count). The third kappa shape index (κ3) is 2.68. The van der Waals surface area contributed by atoms with Crippen molar-refractivity contribution in [3.8, 4) is 0 Å². The van der Waals surface area contributed by atoms with Gasteiger partial charge in [-0.15, -0.1) is 0 Å². The molecule has 0 spiro atoms. The van der Waals surface area contributed by atoms with Crippen LogP contribution in [-0.2, 0) is 0 Å². The van der Waals surface area contributed by atoms with Gasteiger partial charge in [0, 0.05) is 36.3 Å². The molecule has 0 saturated carbocycles. The smallest absolute Gasteiger partial charge is 0.0229 e. The third-order valence-electron chi connectivity index (χ3n) is 4.49. The molecule has 0 radical (unpaired) electrons. The molecule has 0 aromatic rings. The summed E-state index contributed by atoms with van der Waals surface area (Å²) in [5.74, 6) is 0. The van der Waals surface area contributed by atoms with Crippen LogP contribution in [0.4, 0.5) is 0 Å². The normalized spacial score (nSPS) is 32.8. The van der Waals surface area contributed by atoms with E-state index in [0.29, 0.717) is 11.1 Å². The van der Waals surface area contributed by atoms with E-state index >= 15 is 0 Å². The highest BCUT2D eigenvalue weighted by Crippen LogP contribution is 2.35. The van der Waals surface area contributed by atoms with E-state index in [1.807, 2.05) is 0 Å². The molecule has 0 N–H and O–H groups in total. The zero-order valence-corrected chi connectivity index (χ0v) is 12.6. The summed E-state index contributed by atoms with van der Waals surface area (Å²) in [6.45, 7) is 16.8. The van der Waals surface area contributed by atoms with Gasteiger partial charge in [-0.05, 0) is 54.4 Å². The number of hydrogen-bond donors (Lipinski definition) is 0. The Hall–Kier alpha value is -0.0800. The molecule has 0 aromatic carbocycles. The topological polar surface area (TPSA) is 6.48 Å². The van der Waals surface area contributed by atoms with E-state index < -0.39 is 0 Å². The molecule has 2 bridgehead atoms. The number of hydrogen-bond acceptors (Lipinski definition) is 2. The van der Waals surface area contributed by atoms with E-state index in [0.717, 1.165) is 12.1 Å². The number of fused-ring (bicyclic) bond motifs is 4. The van der Waals surface area contributed by atoms with E-state index in [2.05, 4.69) is 51.3 Å². The summed E-state index contributed by atoms with van der Waals surface area (Å²) in [7, 11) is 0. The van der Waals surface area contributed by atoms with Crippen LogP contribution in [-0.4, -0.2) is 46.1 Å². The molecule has 2 atom stereocenters. The van der Waals surface area contributed by atoms with Gasteiger partial charge in [0.25, 0.3) is 0 Å². The summed E-state index contributed by atoms with van der Waals surface area (Å²) in [6.07, 6.45) is 4.19. The second kappa shape index (κ2) is 4.24. The highest BCUT2D eigenvalue weighted by molar-refractivity contribution is 4.99. The molecule has 100 valence electrons. The van der Waals surface area contributed by atoms with Crippen LogP contribution in [0.2, 0.25) is 0 Å². The van der Waals surface area contributed by atoms with Crippen molar-refractivity contribution in [1.82, 2.24) is 9.80 Å². The largest absolute Gasteiger partial charge is 0.293 e. The molecule has 0 aromatic heterocycles. The molecular formula is C15H30N2. The Kier molecular flexibility index (Phi) is 3.33. The highest BCUT2D eigenvalue weighted by Gasteiger charge is 2.43. The lowest BCUT2D eigenvalue weighted by Gasteiger charge is -2.53. The average molecular weight is 238 g/mol. The van der Waals surface area contributed by atoms with Gasteiger partial charge in [0.05, 0.1) is 0 Å². The fraction of sp³-hybridized carbons (Fsp3) is 1.00. The third-order valence-corrected chi connectivity index (χ3v) is 4.49. The molecule has 3 saturated heterocycles. The van der Waals surface area contributed by atoms with Crippen molar-refractivity contribution in [3.05, 3.63) is 0 Å². The molecule has 3 heterocycles. The van der Waals surface area contributed by atoms with Crippen LogP contribution in [0.15, 0.2) is 0 Å². The first-order valence-corrected chi connectivity index (χ1v) is 7.23. The monoisotopic (exact) mass is 238 g/mol. The van der Waals surface area contributed by atoms with Gasteiger partial charge < -0.3 is 0 Å². The standard InChI is InChI=1S/C15H30N2/c1-14(2,3)16-10-13-9-7-8-12(16)11-17(13)15(4,5)6/h12-13H,7-11H2,1-6H3. The van der Waals surface area contributed by atoms with Gasteiger partial charge in [-0.25, -0.2) is 0 Å². The van der Waals surface area contributed by atoms with E-state index in [1.165, 1.54) is 32.4 Å². The number of piperazine rings is 1. The van der Waals surface area contributed by atoms with Gasteiger partial charge in [-0.2, -0.15) is 0 Å². The summed E-state index contributed by atoms with van der Waals surface area (Å²) in [5.41, 5.74) is 0.661. The van der Waals surface area contributed by atoms with Crippen molar-refractivity contribution in [2.45, 2.75) is 84.0 Å². The van der Waals surface area contributed by atoms with Gasteiger partial charge in [-0.1, -0.05) is 6.42 Å². The summed E-state index contributed by atoms with van der Waals surface area (Å²) in [4.78, 5) is 5.51. The molecular weight excluding hydrogens is 208 g/mol. The fourth-order valence-corrected chi connectivity index (χ4v) is 3.68. The van der Waals surface area contributed by atoms with E-state index in [-0.39, 0.29) is 0 Å². The second-order valence-corrected chi connectivity index (χ2v) is 7.88. The first-order valence-electron chi connectivity index (χ1n) is 7.23. The Morgan fingerprint density at radius 3 is 1.35 bits per heavy atom. The van der Waals surface area contributed by atoms with Crippen molar-refractivity contribution >= 4 is 0 Å². The minimum Gasteiger partial charge on any atom is -0.293 e. The molecule has 3 aliphatic heterocycles. The summed E-state index contributed by atoms with van der Waals surface area (Å²) in [5, 5.41) is 0. The second-order valence-electron chi connectivity index (χ2n) is 7.88. The minimum absolute atomic E-state index is 0.331.